The average Bonchev–Trinajstić information content (AvgIpc) is 2.17. The standard InChI is InChI=1S/C10H12BrN/c11-7-9-6-5-8-3-1-2-4-10(8)12-9/h1-4,9,12H,5-7H2/t9-/m1/s1. The van der Waals surface area contributed by atoms with E-state index >= 15 is 0 Å². The fourth-order valence-electron chi connectivity index (χ4n) is 1.62. The number of benzene rings is 1. The molecule has 0 radical (unpaired) electrons. The summed E-state index contributed by atoms with van der Waals surface area (Å²) < 4.78 is 0. The minimum absolute atomic E-state index is 0.611. The first-order chi connectivity index (χ1) is 5.90. The number of rotatable bonds is 1. The Morgan fingerprint density at radius 1 is 1.42 bits per heavy atom. The lowest BCUT2D eigenvalue weighted by Crippen LogP contribution is -2.26. The summed E-state index contributed by atoms with van der Waals surface area (Å²) in [4.78, 5) is 0. The summed E-state index contributed by atoms with van der Waals surface area (Å²) in [7, 11) is 0. The Bertz CT molecular complexity index is 272. The molecular weight excluding hydrogens is 214 g/mol. The second kappa shape index (κ2) is 3.48. The maximum absolute atomic E-state index is 3.50. The zero-order valence-corrected chi connectivity index (χ0v) is 8.47. The van der Waals surface area contributed by atoms with Gasteiger partial charge >= 0.3 is 0 Å². The van der Waals surface area contributed by atoms with Crippen LogP contribution in [0.25, 0.3) is 0 Å². The number of halogens is 1. The first kappa shape index (κ1) is 8.11. The van der Waals surface area contributed by atoms with E-state index in [1.54, 1.807) is 0 Å². The van der Waals surface area contributed by atoms with Crippen molar-refractivity contribution in [2.75, 3.05) is 10.6 Å². The fraction of sp³-hybridized carbons (Fsp3) is 0.400. The molecule has 0 amide bonds. The van der Waals surface area contributed by atoms with Crippen LogP contribution in [-0.2, 0) is 6.42 Å². The van der Waals surface area contributed by atoms with E-state index in [9.17, 15) is 0 Å². The van der Waals surface area contributed by atoms with Gasteiger partial charge < -0.3 is 5.32 Å². The molecule has 12 heavy (non-hydrogen) atoms. The Morgan fingerprint density at radius 3 is 3.08 bits per heavy atom. The van der Waals surface area contributed by atoms with Crippen molar-refractivity contribution < 1.29 is 0 Å². The molecule has 0 aromatic heterocycles. The van der Waals surface area contributed by atoms with Gasteiger partial charge in [-0.25, -0.2) is 0 Å². The lowest BCUT2D eigenvalue weighted by molar-refractivity contribution is 0.692. The van der Waals surface area contributed by atoms with Crippen LogP contribution in [0.5, 0.6) is 0 Å². The van der Waals surface area contributed by atoms with E-state index in [1.807, 2.05) is 0 Å². The van der Waals surface area contributed by atoms with Crippen LogP contribution in [-0.4, -0.2) is 11.4 Å². The van der Waals surface area contributed by atoms with E-state index < -0.39 is 0 Å². The summed E-state index contributed by atoms with van der Waals surface area (Å²) in [5.74, 6) is 0. The summed E-state index contributed by atoms with van der Waals surface area (Å²) in [6.45, 7) is 0. The topological polar surface area (TPSA) is 12.0 Å². The summed E-state index contributed by atoms with van der Waals surface area (Å²) in [5.41, 5.74) is 2.77. The normalized spacial score (nSPS) is 21.2. The molecule has 1 heterocycles. The van der Waals surface area contributed by atoms with Crippen LogP contribution >= 0.6 is 15.9 Å². The number of nitrogens with one attached hydrogen (secondary N) is 1. The van der Waals surface area contributed by atoms with Crippen LogP contribution < -0.4 is 5.32 Å². The van der Waals surface area contributed by atoms with Gasteiger partial charge in [0.1, 0.15) is 0 Å². The van der Waals surface area contributed by atoms with E-state index in [1.165, 1.54) is 24.1 Å². The Balaban J connectivity index is 2.23. The van der Waals surface area contributed by atoms with E-state index in [-0.39, 0.29) is 0 Å². The molecule has 0 aliphatic carbocycles. The third-order valence-electron chi connectivity index (χ3n) is 2.33. The van der Waals surface area contributed by atoms with Gasteiger partial charge in [-0.15, -0.1) is 0 Å². The van der Waals surface area contributed by atoms with Crippen molar-refractivity contribution in [2.45, 2.75) is 18.9 Å². The number of hydrogen-bond donors (Lipinski definition) is 1. The molecule has 1 aromatic carbocycles. The second-order valence-electron chi connectivity index (χ2n) is 3.19. The van der Waals surface area contributed by atoms with Crippen LogP contribution in [0.2, 0.25) is 0 Å². The van der Waals surface area contributed by atoms with Gasteiger partial charge in [-0.05, 0) is 24.5 Å². The zero-order chi connectivity index (χ0) is 8.39. The largest absolute Gasteiger partial charge is 0.381 e. The number of para-hydroxylation sites is 1. The number of fused-ring (bicyclic) bond motifs is 1. The molecule has 64 valence electrons. The molecule has 0 fully saturated rings. The average molecular weight is 226 g/mol. The first-order valence-electron chi connectivity index (χ1n) is 4.30. The Labute approximate surface area is 81.3 Å². The van der Waals surface area contributed by atoms with Crippen molar-refractivity contribution in [3.8, 4) is 0 Å². The maximum atomic E-state index is 3.50. The minimum atomic E-state index is 0.611. The first-order valence-corrected chi connectivity index (χ1v) is 5.42. The van der Waals surface area contributed by atoms with E-state index in [0.29, 0.717) is 6.04 Å². The molecule has 0 unspecified atom stereocenters. The minimum Gasteiger partial charge on any atom is -0.381 e. The van der Waals surface area contributed by atoms with Crippen molar-refractivity contribution in [1.29, 1.82) is 0 Å². The highest BCUT2D eigenvalue weighted by Gasteiger charge is 2.14. The summed E-state index contributed by atoms with van der Waals surface area (Å²) in [6.07, 6.45) is 2.45. The molecule has 2 heteroatoms. The zero-order valence-electron chi connectivity index (χ0n) is 6.89. The molecule has 1 aliphatic rings. The van der Waals surface area contributed by atoms with Crippen LogP contribution in [0.4, 0.5) is 5.69 Å². The molecule has 0 spiro atoms. The molecule has 0 saturated heterocycles. The molecule has 1 aromatic rings. The highest BCUT2D eigenvalue weighted by atomic mass is 79.9. The molecule has 1 N–H and O–H groups in total. The van der Waals surface area contributed by atoms with Gasteiger partial charge in [0, 0.05) is 17.1 Å². The summed E-state index contributed by atoms with van der Waals surface area (Å²) in [6, 6.07) is 9.16. The van der Waals surface area contributed by atoms with E-state index in [4.69, 9.17) is 0 Å². The summed E-state index contributed by atoms with van der Waals surface area (Å²) >= 11 is 3.50. The second-order valence-corrected chi connectivity index (χ2v) is 3.84. The Hall–Kier alpha value is -0.500. The van der Waals surface area contributed by atoms with Crippen LogP contribution in [0.3, 0.4) is 0 Å². The SMILES string of the molecule is BrC[C@H]1CCc2ccccc2N1. The lowest BCUT2D eigenvalue weighted by Gasteiger charge is -2.25. The van der Waals surface area contributed by atoms with Gasteiger partial charge in [0.25, 0.3) is 0 Å². The quantitative estimate of drug-likeness (QED) is 0.726. The van der Waals surface area contributed by atoms with Crippen molar-refractivity contribution in [1.82, 2.24) is 0 Å². The molecule has 0 saturated carbocycles. The third kappa shape index (κ3) is 1.48. The Kier molecular flexibility index (Phi) is 2.35. The van der Waals surface area contributed by atoms with Crippen LogP contribution in [0, 0.1) is 0 Å². The molecule has 0 bridgehead atoms. The maximum Gasteiger partial charge on any atom is 0.0375 e. The van der Waals surface area contributed by atoms with Crippen molar-refractivity contribution >= 4 is 21.6 Å². The van der Waals surface area contributed by atoms with Gasteiger partial charge in [-0.1, -0.05) is 34.1 Å². The predicted octanol–water partition coefficient (Wildman–Crippen LogP) is 2.81. The van der Waals surface area contributed by atoms with Crippen LogP contribution in [0.1, 0.15) is 12.0 Å². The molecule has 2 rings (SSSR count). The highest BCUT2D eigenvalue weighted by Crippen LogP contribution is 2.24. The predicted molar refractivity (Wildman–Crippen MR) is 56.0 cm³/mol. The summed E-state index contributed by atoms with van der Waals surface area (Å²) in [5, 5.41) is 4.54. The fourth-order valence-corrected chi connectivity index (χ4v) is 2.10. The third-order valence-corrected chi connectivity index (χ3v) is 3.11. The van der Waals surface area contributed by atoms with Gasteiger partial charge in [0.2, 0.25) is 0 Å². The van der Waals surface area contributed by atoms with Gasteiger partial charge in [0.15, 0.2) is 0 Å². The van der Waals surface area contributed by atoms with Gasteiger partial charge in [-0.2, -0.15) is 0 Å². The Morgan fingerprint density at radius 2 is 2.25 bits per heavy atom. The number of alkyl halides is 1. The number of hydrogen-bond acceptors (Lipinski definition) is 1. The molecule has 1 atom stereocenters. The number of aryl methyl sites for hydroxylation is 1. The van der Waals surface area contributed by atoms with Crippen molar-refractivity contribution in [3.05, 3.63) is 29.8 Å². The van der Waals surface area contributed by atoms with Crippen LogP contribution in [0.15, 0.2) is 24.3 Å². The monoisotopic (exact) mass is 225 g/mol. The van der Waals surface area contributed by atoms with Gasteiger partial charge in [-0.3, -0.25) is 0 Å². The van der Waals surface area contributed by atoms with E-state index in [0.717, 1.165) is 5.33 Å². The molecule has 1 nitrogen and oxygen atoms in total. The lowest BCUT2D eigenvalue weighted by atomic mass is 9.99. The smallest absolute Gasteiger partial charge is 0.0375 e. The van der Waals surface area contributed by atoms with E-state index in [2.05, 4.69) is 45.5 Å². The van der Waals surface area contributed by atoms with Crippen molar-refractivity contribution in [2.24, 2.45) is 0 Å². The molecular formula is C10H12BrN. The van der Waals surface area contributed by atoms with Crippen molar-refractivity contribution in [3.63, 3.8) is 0 Å². The molecule has 1 aliphatic heterocycles. The van der Waals surface area contributed by atoms with Gasteiger partial charge in [0.05, 0.1) is 0 Å². The highest BCUT2D eigenvalue weighted by molar-refractivity contribution is 9.09. The number of anilines is 1.